The van der Waals surface area contributed by atoms with E-state index in [0.29, 0.717) is 29.1 Å². The van der Waals surface area contributed by atoms with Gasteiger partial charge in [0.25, 0.3) is 5.91 Å². The summed E-state index contributed by atoms with van der Waals surface area (Å²) >= 11 is 1.61. The highest BCUT2D eigenvalue weighted by Crippen LogP contribution is 2.31. The number of ether oxygens (including phenoxy) is 1. The van der Waals surface area contributed by atoms with Crippen LogP contribution in [0.5, 0.6) is 11.5 Å². The molecule has 6 heteroatoms. The van der Waals surface area contributed by atoms with Gasteiger partial charge in [-0.3, -0.25) is 9.59 Å². The van der Waals surface area contributed by atoms with Gasteiger partial charge in [-0.05, 0) is 54.6 Å². The van der Waals surface area contributed by atoms with Crippen molar-refractivity contribution in [2.75, 3.05) is 16.4 Å². The summed E-state index contributed by atoms with van der Waals surface area (Å²) in [6.07, 6.45) is 0.471. The largest absolute Gasteiger partial charge is 0.457 e. The van der Waals surface area contributed by atoms with Crippen LogP contribution in [0.2, 0.25) is 0 Å². The van der Waals surface area contributed by atoms with Gasteiger partial charge in [0.15, 0.2) is 0 Å². The SMILES string of the molecule is O=C1CCSc2ccc(C(=O)Nc3ccc(Oc4ccccc4)cc3)cc2N1. The minimum atomic E-state index is -0.233. The molecule has 0 atom stereocenters. The van der Waals surface area contributed by atoms with Crippen molar-refractivity contribution in [3.05, 3.63) is 78.4 Å². The summed E-state index contributed by atoms with van der Waals surface area (Å²) in [6.45, 7) is 0. The lowest BCUT2D eigenvalue weighted by Crippen LogP contribution is -2.14. The van der Waals surface area contributed by atoms with Crippen LogP contribution in [0, 0.1) is 0 Å². The molecular formula is C22H18N2O3S. The zero-order valence-electron chi connectivity index (χ0n) is 15.0. The van der Waals surface area contributed by atoms with Gasteiger partial charge in [0.1, 0.15) is 11.5 Å². The Hall–Kier alpha value is -3.25. The fraction of sp³-hybridized carbons (Fsp3) is 0.0909. The molecule has 5 nitrogen and oxygen atoms in total. The molecule has 1 aliphatic rings. The van der Waals surface area contributed by atoms with Gasteiger partial charge in [-0.2, -0.15) is 0 Å². The Morgan fingerprint density at radius 2 is 1.71 bits per heavy atom. The maximum atomic E-state index is 12.6. The Kier molecular flexibility index (Phi) is 5.30. The second kappa shape index (κ2) is 8.19. The summed E-state index contributed by atoms with van der Waals surface area (Å²) in [6, 6.07) is 22.0. The van der Waals surface area contributed by atoms with Crippen molar-refractivity contribution >= 4 is 35.0 Å². The van der Waals surface area contributed by atoms with E-state index in [9.17, 15) is 9.59 Å². The fourth-order valence-corrected chi connectivity index (χ4v) is 3.73. The van der Waals surface area contributed by atoms with Crippen LogP contribution in [0.3, 0.4) is 0 Å². The van der Waals surface area contributed by atoms with Gasteiger partial charge < -0.3 is 15.4 Å². The monoisotopic (exact) mass is 390 g/mol. The Morgan fingerprint density at radius 1 is 0.964 bits per heavy atom. The Balaban J connectivity index is 1.44. The molecule has 0 radical (unpaired) electrons. The van der Waals surface area contributed by atoms with E-state index in [1.165, 1.54) is 0 Å². The topological polar surface area (TPSA) is 67.4 Å². The van der Waals surface area contributed by atoms with Gasteiger partial charge in [-0.25, -0.2) is 0 Å². The average molecular weight is 390 g/mol. The van der Waals surface area contributed by atoms with Crippen molar-refractivity contribution in [2.24, 2.45) is 0 Å². The lowest BCUT2D eigenvalue weighted by molar-refractivity contribution is -0.115. The van der Waals surface area contributed by atoms with Crippen LogP contribution >= 0.6 is 11.8 Å². The number of thioether (sulfide) groups is 1. The van der Waals surface area contributed by atoms with Crippen LogP contribution in [0.1, 0.15) is 16.8 Å². The molecule has 2 N–H and O–H groups in total. The van der Waals surface area contributed by atoms with Gasteiger partial charge in [-0.15, -0.1) is 11.8 Å². The highest BCUT2D eigenvalue weighted by Gasteiger charge is 2.16. The van der Waals surface area contributed by atoms with Crippen LogP contribution in [-0.2, 0) is 4.79 Å². The van der Waals surface area contributed by atoms with E-state index < -0.39 is 0 Å². The number of fused-ring (bicyclic) bond motifs is 1. The van der Waals surface area contributed by atoms with Crippen LogP contribution in [0.25, 0.3) is 0 Å². The molecule has 3 aromatic rings. The first-order valence-electron chi connectivity index (χ1n) is 8.88. The van der Waals surface area contributed by atoms with E-state index in [2.05, 4.69) is 10.6 Å². The summed E-state index contributed by atoms with van der Waals surface area (Å²) in [4.78, 5) is 25.3. The predicted octanol–water partition coefficient (Wildman–Crippen LogP) is 5.17. The number of rotatable bonds is 4. The number of carbonyl (C=O) groups is 2. The fourth-order valence-electron chi connectivity index (χ4n) is 2.80. The minimum absolute atomic E-state index is 0.0298. The Morgan fingerprint density at radius 3 is 2.50 bits per heavy atom. The molecule has 2 amide bonds. The number of hydrogen-bond donors (Lipinski definition) is 2. The number of para-hydroxylation sites is 1. The third-order valence-electron chi connectivity index (χ3n) is 4.19. The molecule has 140 valence electrons. The highest BCUT2D eigenvalue weighted by molar-refractivity contribution is 7.99. The number of amides is 2. The van der Waals surface area contributed by atoms with Crippen molar-refractivity contribution < 1.29 is 14.3 Å². The quantitative estimate of drug-likeness (QED) is 0.645. The molecule has 0 saturated heterocycles. The lowest BCUT2D eigenvalue weighted by Gasteiger charge is -2.10. The average Bonchev–Trinajstić information content (AvgIpc) is 2.90. The number of hydrogen-bond acceptors (Lipinski definition) is 4. The number of anilines is 2. The molecule has 28 heavy (non-hydrogen) atoms. The second-order valence-electron chi connectivity index (χ2n) is 6.25. The summed E-state index contributed by atoms with van der Waals surface area (Å²) in [7, 11) is 0. The molecule has 0 bridgehead atoms. The number of nitrogens with one attached hydrogen (secondary N) is 2. The van der Waals surface area contributed by atoms with Crippen LogP contribution in [0.4, 0.5) is 11.4 Å². The lowest BCUT2D eigenvalue weighted by atomic mass is 10.1. The molecule has 3 aromatic carbocycles. The van der Waals surface area contributed by atoms with E-state index in [0.717, 1.165) is 16.4 Å². The molecule has 0 fully saturated rings. The summed E-state index contributed by atoms with van der Waals surface area (Å²) < 4.78 is 5.75. The van der Waals surface area contributed by atoms with Crippen molar-refractivity contribution in [1.29, 1.82) is 0 Å². The third kappa shape index (κ3) is 4.35. The van der Waals surface area contributed by atoms with Crippen molar-refractivity contribution in [3.8, 4) is 11.5 Å². The first-order valence-corrected chi connectivity index (χ1v) is 9.87. The normalized spacial score (nSPS) is 13.1. The maximum Gasteiger partial charge on any atom is 0.255 e. The smallest absolute Gasteiger partial charge is 0.255 e. The van der Waals surface area contributed by atoms with Gasteiger partial charge in [0.2, 0.25) is 5.91 Å². The first-order chi connectivity index (χ1) is 13.7. The van der Waals surface area contributed by atoms with Gasteiger partial charge in [0, 0.05) is 28.3 Å². The Bertz CT molecular complexity index is 1000. The molecule has 0 aromatic heterocycles. The molecule has 0 spiro atoms. The highest BCUT2D eigenvalue weighted by atomic mass is 32.2. The standard InChI is InChI=1S/C22H18N2O3S/c25-21-12-13-28-20-11-6-15(14-19(20)24-21)22(26)23-16-7-9-18(10-8-16)27-17-4-2-1-3-5-17/h1-11,14H,12-13H2,(H,23,26)(H,24,25). The van der Waals surface area contributed by atoms with E-state index in [4.69, 9.17) is 4.74 Å². The van der Waals surface area contributed by atoms with E-state index in [1.807, 2.05) is 36.4 Å². The van der Waals surface area contributed by atoms with Gasteiger partial charge in [-0.1, -0.05) is 18.2 Å². The summed E-state index contributed by atoms with van der Waals surface area (Å²) in [5, 5.41) is 5.72. The molecule has 0 saturated carbocycles. The first kappa shape index (κ1) is 18.1. The van der Waals surface area contributed by atoms with Crippen LogP contribution < -0.4 is 15.4 Å². The predicted molar refractivity (Wildman–Crippen MR) is 111 cm³/mol. The molecule has 1 aliphatic heterocycles. The third-order valence-corrected chi connectivity index (χ3v) is 5.27. The summed E-state index contributed by atoms with van der Waals surface area (Å²) in [5.41, 5.74) is 1.84. The molecule has 0 unspecified atom stereocenters. The maximum absolute atomic E-state index is 12.6. The zero-order chi connectivity index (χ0) is 19.3. The van der Waals surface area contributed by atoms with Crippen molar-refractivity contribution in [3.63, 3.8) is 0 Å². The molecule has 0 aliphatic carbocycles. The van der Waals surface area contributed by atoms with Crippen LogP contribution in [-0.4, -0.2) is 17.6 Å². The van der Waals surface area contributed by atoms with Crippen molar-refractivity contribution in [1.82, 2.24) is 0 Å². The van der Waals surface area contributed by atoms with Crippen LogP contribution in [0.15, 0.2) is 77.7 Å². The number of carbonyl (C=O) groups excluding carboxylic acids is 2. The van der Waals surface area contributed by atoms with E-state index in [-0.39, 0.29) is 11.8 Å². The van der Waals surface area contributed by atoms with Crippen molar-refractivity contribution in [2.45, 2.75) is 11.3 Å². The van der Waals surface area contributed by atoms with Gasteiger partial charge >= 0.3 is 0 Å². The van der Waals surface area contributed by atoms with E-state index in [1.54, 1.807) is 48.2 Å². The van der Waals surface area contributed by atoms with Gasteiger partial charge in [0.05, 0.1) is 5.69 Å². The molecule has 1 heterocycles. The minimum Gasteiger partial charge on any atom is -0.457 e. The van der Waals surface area contributed by atoms with E-state index >= 15 is 0 Å². The number of benzene rings is 3. The Labute approximate surface area is 167 Å². The molecular weight excluding hydrogens is 372 g/mol. The zero-order valence-corrected chi connectivity index (χ0v) is 15.8. The molecule has 4 rings (SSSR count). The summed E-state index contributed by atoms with van der Waals surface area (Å²) in [5.74, 6) is 1.92. The second-order valence-corrected chi connectivity index (χ2v) is 7.39.